The first-order chi connectivity index (χ1) is 28.3. The lowest BCUT2D eigenvalue weighted by Crippen LogP contribution is -2.10. The maximum absolute atomic E-state index is 6.82. The van der Waals surface area contributed by atoms with Crippen LogP contribution in [0.25, 0.3) is 88.4 Å². The van der Waals surface area contributed by atoms with Crippen LogP contribution < -0.4 is 4.90 Å². The third-order valence-electron chi connectivity index (χ3n) is 11.1. The Morgan fingerprint density at radius 2 is 0.719 bits per heavy atom. The molecule has 57 heavy (non-hydrogen) atoms. The second-order valence-corrected chi connectivity index (χ2v) is 14.5. The monoisotopic (exact) mass is 729 g/mol. The third kappa shape index (κ3) is 5.68. The molecular weight excluding hydrogens is 695 g/mol. The molecule has 0 spiro atoms. The van der Waals surface area contributed by atoms with E-state index in [4.69, 9.17) is 8.83 Å². The van der Waals surface area contributed by atoms with Gasteiger partial charge in [0.1, 0.15) is 22.3 Å². The fourth-order valence-electron chi connectivity index (χ4n) is 8.32. The van der Waals surface area contributed by atoms with Gasteiger partial charge in [-0.2, -0.15) is 0 Å². The number of anilines is 3. The van der Waals surface area contributed by atoms with Crippen LogP contribution in [0.4, 0.5) is 17.1 Å². The highest BCUT2D eigenvalue weighted by molar-refractivity contribution is 6.17. The molecule has 0 bridgehead atoms. The van der Waals surface area contributed by atoms with E-state index in [0.29, 0.717) is 0 Å². The van der Waals surface area contributed by atoms with Gasteiger partial charge in [-0.1, -0.05) is 164 Å². The lowest BCUT2D eigenvalue weighted by atomic mass is 9.96. The van der Waals surface area contributed by atoms with Crippen LogP contribution in [0.3, 0.4) is 0 Å². The Balaban J connectivity index is 1.06. The Kier molecular flexibility index (Phi) is 7.82. The molecule has 0 aliphatic carbocycles. The number of furan rings is 2. The van der Waals surface area contributed by atoms with Gasteiger partial charge in [0.25, 0.3) is 0 Å². The van der Waals surface area contributed by atoms with Gasteiger partial charge in [0, 0.05) is 38.7 Å². The van der Waals surface area contributed by atoms with Crippen LogP contribution in [0.1, 0.15) is 0 Å². The van der Waals surface area contributed by atoms with Crippen LogP contribution >= 0.6 is 0 Å². The van der Waals surface area contributed by atoms with E-state index in [2.05, 4.69) is 199 Å². The number of nitrogens with zero attached hydrogens (tertiary/aromatic N) is 1. The number of fused-ring (bicyclic) bond motifs is 6. The van der Waals surface area contributed by atoms with Crippen molar-refractivity contribution in [2.45, 2.75) is 0 Å². The molecule has 0 saturated carbocycles. The molecule has 2 aromatic heterocycles. The van der Waals surface area contributed by atoms with Gasteiger partial charge in [0.15, 0.2) is 0 Å². The molecule has 3 nitrogen and oxygen atoms in total. The first-order valence-electron chi connectivity index (χ1n) is 19.3. The van der Waals surface area contributed by atoms with Crippen LogP contribution in [0, 0.1) is 0 Å². The van der Waals surface area contributed by atoms with Crippen molar-refractivity contribution >= 4 is 60.9 Å². The Bertz CT molecular complexity index is 3110. The standard InChI is InChI=1S/C54H35NO2/c1-3-12-36(13-4-1)38-26-30-42(31-27-38)55(43-32-28-39(29-33-43)37-14-5-2-6-15-37)49-35-34-45(54-52(49)48-17-8-10-21-51(48)57-54)41-24-22-40(23-25-41)44-18-11-19-47-46-16-7-9-20-50(46)56-53(44)47/h1-35H. The summed E-state index contributed by atoms with van der Waals surface area (Å²) >= 11 is 0. The van der Waals surface area contributed by atoms with E-state index in [1.54, 1.807) is 0 Å². The van der Waals surface area contributed by atoms with E-state index < -0.39 is 0 Å². The lowest BCUT2D eigenvalue weighted by molar-refractivity contribution is 0.669. The summed E-state index contributed by atoms with van der Waals surface area (Å²) in [4.78, 5) is 2.36. The molecule has 11 aromatic rings. The number of benzene rings is 9. The lowest BCUT2D eigenvalue weighted by Gasteiger charge is -2.27. The van der Waals surface area contributed by atoms with Crippen molar-refractivity contribution in [2.75, 3.05) is 4.90 Å². The van der Waals surface area contributed by atoms with Crippen LogP contribution in [0.5, 0.6) is 0 Å². The molecule has 9 aromatic carbocycles. The summed E-state index contributed by atoms with van der Waals surface area (Å²) < 4.78 is 13.2. The maximum Gasteiger partial charge on any atom is 0.145 e. The molecule has 0 unspecified atom stereocenters. The van der Waals surface area contributed by atoms with Crippen LogP contribution in [-0.2, 0) is 0 Å². The summed E-state index contributed by atoms with van der Waals surface area (Å²) in [6, 6.07) is 75.0. The number of hydrogen-bond acceptors (Lipinski definition) is 3. The van der Waals surface area contributed by atoms with E-state index in [1.807, 2.05) is 18.2 Å². The summed E-state index contributed by atoms with van der Waals surface area (Å²) in [7, 11) is 0. The van der Waals surface area contributed by atoms with E-state index in [-0.39, 0.29) is 0 Å². The summed E-state index contributed by atoms with van der Waals surface area (Å²) in [6.45, 7) is 0. The minimum atomic E-state index is 0.854. The third-order valence-corrected chi connectivity index (χ3v) is 11.1. The highest BCUT2D eigenvalue weighted by Crippen LogP contribution is 2.47. The van der Waals surface area contributed by atoms with Gasteiger partial charge in [-0.15, -0.1) is 0 Å². The van der Waals surface area contributed by atoms with Crippen molar-refractivity contribution in [3.05, 3.63) is 212 Å². The molecule has 0 amide bonds. The Morgan fingerprint density at radius 3 is 1.32 bits per heavy atom. The number of hydrogen-bond donors (Lipinski definition) is 0. The highest BCUT2D eigenvalue weighted by atomic mass is 16.3. The van der Waals surface area contributed by atoms with E-state index in [0.717, 1.165) is 83.2 Å². The van der Waals surface area contributed by atoms with Gasteiger partial charge in [0.2, 0.25) is 0 Å². The predicted octanol–water partition coefficient (Wildman–Crippen LogP) is 15.6. The van der Waals surface area contributed by atoms with E-state index in [1.165, 1.54) is 22.3 Å². The zero-order chi connectivity index (χ0) is 37.7. The molecule has 0 atom stereocenters. The average Bonchev–Trinajstić information content (AvgIpc) is 3.87. The smallest absolute Gasteiger partial charge is 0.145 e. The minimum absolute atomic E-state index is 0.854. The first-order valence-corrected chi connectivity index (χ1v) is 19.3. The molecule has 268 valence electrons. The summed E-state index contributed by atoms with van der Waals surface area (Å²) in [5, 5.41) is 4.40. The van der Waals surface area contributed by atoms with Crippen molar-refractivity contribution in [1.82, 2.24) is 0 Å². The maximum atomic E-state index is 6.82. The Labute approximate surface area is 330 Å². The van der Waals surface area contributed by atoms with Gasteiger partial charge in [-0.3, -0.25) is 0 Å². The molecule has 2 heterocycles. The van der Waals surface area contributed by atoms with E-state index in [9.17, 15) is 0 Å². The summed E-state index contributed by atoms with van der Waals surface area (Å²) in [5.41, 5.74) is 15.7. The quantitative estimate of drug-likeness (QED) is 0.164. The zero-order valence-corrected chi connectivity index (χ0v) is 31.0. The molecule has 0 fully saturated rings. The average molecular weight is 730 g/mol. The fourth-order valence-corrected chi connectivity index (χ4v) is 8.32. The van der Waals surface area contributed by atoms with Gasteiger partial charge in [-0.05, 0) is 81.9 Å². The highest BCUT2D eigenvalue weighted by Gasteiger charge is 2.23. The fraction of sp³-hybridized carbons (Fsp3) is 0. The first kappa shape index (κ1) is 32.8. The van der Waals surface area contributed by atoms with Crippen molar-refractivity contribution in [3.63, 3.8) is 0 Å². The molecule has 0 aliphatic heterocycles. The van der Waals surface area contributed by atoms with E-state index >= 15 is 0 Å². The second kappa shape index (κ2) is 13.6. The number of para-hydroxylation sites is 3. The topological polar surface area (TPSA) is 29.5 Å². The van der Waals surface area contributed by atoms with Gasteiger partial charge < -0.3 is 13.7 Å². The van der Waals surface area contributed by atoms with Crippen molar-refractivity contribution in [2.24, 2.45) is 0 Å². The molecule has 3 heteroatoms. The minimum Gasteiger partial charge on any atom is -0.455 e. The summed E-state index contributed by atoms with van der Waals surface area (Å²) in [6.07, 6.45) is 0. The van der Waals surface area contributed by atoms with Crippen molar-refractivity contribution < 1.29 is 8.83 Å². The molecular formula is C54H35NO2. The van der Waals surface area contributed by atoms with Crippen LogP contribution in [0.15, 0.2) is 221 Å². The number of rotatable bonds is 7. The van der Waals surface area contributed by atoms with Crippen LogP contribution in [0.2, 0.25) is 0 Å². The van der Waals surface area contributed by atoms with Gasteiger partial charge >= 0.3 is 0 Å². The van der Waals surface area contributed by atoms with Crippen molar-refractivity contribution in [1.29, 1.82) is 0 Å². The largest absolute Gasteiger partial charge is 0.455 e. The predicted molar refractivity (Wildman–Crippen MR) is 237 cm³/mol. The van der Waals surface area contributed by atoms with Gasteiger partial charge in [0.05, 0.1) is 11.1 Å². The van der Waals surface area contributed by atoms with Gasteiger partial charge in [-0.25, -0.2) is 0 Å². The molecule has 0 aliphatic rings. The molecule has 0 saturated heterocycles. The molecule has 0 radical (unpaired) electrons. The SMILES string of the molecule is c1ccc(-c2ccc(N(c3ccc(-c4ccccc4)cc3)c3ccc(-c4ccc(-c5cccc6c5oc5ccccc56)cc4)c4oc5ccccc5c34)cc2)cc1. The zero-order valence-electron chi connectivity index (χ0n) is 31.0. The second-order valence-electron chi connectivity index (χ2n) is 14.5. The van der Waals surface area contributed by atoms with Crippen molar-refractivity contribution in [3.8, 4) is 44.5 Å². The summed E-state index contributed by atoms with van der Waals surface area (Å²) in [5.74, 6) is 0. The normalized spacial score (nSPS) is 11.5. The Hall–Kier alpha value is -7.62. The van der Waals surface area contributed by atoms with Crippen LogP contribution in [-0.4, -0.2) is 0 Å². The molecule has 11 rings (SSSR count). The Morgan fingerprint density at radius 1 is 0.281 bits per heavy atom. The molecule has 0 N–H and O–H groups in total.